The number of carbonyl (C=O) groups is 1. The molecule has 2 aliphatic rings. The zero-order chi connectivity index (χ0) is 16.4. The van der Waals surface area contributed by atoms with Crippen LogP contribution in [0, 0.1) is 5.41 Å². The molecule has 3 rings (SSSR count). The van der Waals surface area contributed by atoms with Crippen LogP contribution in [0.1, 0.15) is 35.7 Å². The fourth-order valence-corrected chi connectivity index (χ4v) is 3.52. The van der Waals surface area contributed by atoms with Gasteiger partial charge in [-0.1, -0.05) is 0 Å². The number of carbonyl (C=O) groups excluding carboxylic acids is 1. The van der Waals surface area contributed by atoms with E-state index in [1.807, 2.05) is 32.2 Å². The van der Waals surface area contributed by atoms with E-state index >= 15 is 0 Å². The van der Waals surface area contributed by atoms with Crippen LogP contribution in [0.3, 0.4) is 0 Å². The number of aliphatic hydroxyl groups excluding tert-OH is 1. The molecule has 0 spiro atoms. The predicted molar refractivity (Wildman–Crippen MR) is 86.8 cm³/mol. The molecule has 1 amide bonds. The van der Waals surface area contributed by atoms with Gasteiger partial charge in [0.15, 0.2) is 0 Å². The molecule has 0 radical (unpaired) electrons. The summed E-state index contributed by atoms with van der Waals surface area (Å²) in [6.07, 6.45) is 2.60. The fraction of sp³-hybridized carbons (Fsp3) is 0.611. The Morgan fingerprint density at radius 3 is 2.83 bits per heavy atom. The van der Waals surface area contributed by atoms with Crippen LogP contribution in [0.15, 0.2) is 18.2 Å². The topological polar surface area (TPSA) is 59.0 Å². The summed E-state index contributed by atoms with van der Waals surface area (Å²) < 4.78 is 11.1. The third-order valence-electron chi connectivity index (χ3n) is 4.95. The zero-order valence-corrected chi connectivity index (χ0v) is 13.9. The molecule has 2 aliphatic heterocycles. The van der Waals surface area contributed by atoms with E-state index in [4.69, 9.17) is 9.47 Å². The largest absolute Gasteiger partial charge is 0.490 e. The maximum absolute atomic E-state index is 12.7. The number of amides is 1. The van der Waals surface area contributed by atoms with Crippen LogP contribution in [0.25, 0.3) is 0 Å². The van der Waals surface area contributed by atoms with Crippen LogP contribution in [0.2, 0.25) is 0 Å². The normalized spacial score (nSPS) is 22.3. The lowest BCUT2D eigenvalue weighted by Crippen LogP contribution is -2.44. The first kappa shape index (κ1) is 16.3. The van der Waals surface area contributed by atoms with Gasteiger partial charge in [0.05, 0.1) is 6.61 Å². The third kappa shape index (κ3) is 3.35. The summed E-state index contributed by atoms with van der Waals surface area (Å²) in [6.45, 7) is 3.97. The lowest BCUT2D eigenvalue weighted by molar-refractivity contribution is -0.0282. The molecule has 1 aromatic carbocycles. The van der Waals surface area contributed by atoms with Gasteiger partial charge in [0.1, 0.15) is 11.9 Å². The predicted octanol–water partition coefficient (Wildman–Crippen LogP) is 1.87. The first-order valence-corrected chi connectivity index (χ1v) is 8.27. The van der Waals surface area contributed by atoms with Gasteiger partial charge in [-0.2, -0.15) is 0 Å². The van der Waals surface area contributed by atoms with Crippen molar-refractivity contribution in [1.29, 1.82) is 0 Å². The highest BCUT2D eigenvalue weighted by Crippen LogP contribution is 2.32. The van der Waals surface area contributed by atoms with E-state index < -0.39 is 0 Å². The molecule has 126 valence electrons. The first-order valence-electron chi connectivity index (χ1n) is 8.27. The van der Waals surface area contributed by atoms with E-state index in [0.29, 0.717) is 25.3 Å². The van der Waals surface area contributed by atoms with E-state index in [-0.39, 0.29) is 24.0 Å². The number of aliphatic hydroxyl groups is 1. The molecule has 5 heteroatoms. The number of ether oxygens (including phenoxy) is 2. The van der Waals surface area contributed by atoms with Crippen molar-refractivity contribution in [3.63, 3.8) is 0 Å². The molecule has 0 unspecified atom stereocenters. The average Bonchev–Trinajstić information content (AvgIpc) is 2.94. The lowest BCUT2D eigenvalue weighted by atomic mass is 9.80. The number of fused-ring (bicyclic) bond motifs is 1. The maximum Gasteiger partial charge on any atom is 0.253 e. The Balaban J connectivity index is 1.71. The number of hydrogen-bond acceptors (Lipinski definition) is 4. The van der Waals surface area contributed by atoms with Crippen molar-refractivity contribution < 1.29 is 19.4 Å². The molecule has 0 aliphatic carbocycles. The van der Waals surface area contributed by atoms with Crippen LogP contribution in [0.5, 0.6) is 5.75 Å². The van der Waals surface area contributed by atoms with Crippen LogP contribution in [-0.2, 0) is 11.2 Å². The van der Waals surface area contributed by atoms with Gasteiger partial charge >= 0.3 is 0 Å². The fourth-order valence-electron chi connectivity index (χ4n) is 3.52. The van der Waals surface area contributed by atoms with Gasteiger partial charge in [-0.05, 0) is 43.5 Å². The van der Waals surface area contributed by atoms with Gasteiger partial charge < -0.3 is 19.5 Å². The highest BCUT2D eigenvalue weighted by Gasteiger charge is 2.34. The molecule has 2 heterocycles. The van der Waals surface area contributed by atoms with Crippen LogP contribution in [0.4, 0.5) is 0 Å². The summed E-state index contributed by atoms with van der Waals surface area (Å²) in [5.74, 6) is 0.875. The SMILES string of the molecule is C[C@H]1Cc2cc(C(=O)N(C)CC3(CO)CCOCC3)ccc2O1. The van der Waals surface area contributed by atoms with Crippen molar-refractivity contribution in [2.45, 2.75) is 32.3 Å². The number of rotatable bonds is 4. The molecular weight excluding hydrogens is 294 g/mol. The van der Waals surface area contributed by atoms with E-state index in [9.17, 15) is 9.90 Å². The summed E-state index contributed by atoms with van der Waals surface area (Å²) in [4.78, 5) is 14.5. The van der Waals surface area contributed by atoms with Crippen molar-refractivity contribution in [3.05, 3.63) is 29.3 Å². The van der Waals surface area contributed by atoms with Gasteiger partial charge in [0.2, 0.25) is 0 Å². The van der Waals surface area contributed by atoms with Crippen molar-refractivity contribution >= 4 is 5.91 Å². The molecule has 5 nitrogen and oxygen atoms in total. The van der Waals surface area contributed by atoms with Crippen LogP contribution in [-0.4, -0.2) is 55.4 Å². The maximum atomic E-state index is 12.7. The number of benzene rings is 1. The summed E-state index contributed by atoms with van der Waals surface area (Å²) in [5.41, 5.74) is 1.54. The Morgan fingerprint density at radius 1 is 1.39 bits per heavy atom. The van der Waals surface area contributed by atoms with Crippen LogP contribution < -0.4 is 4.74 Å². The van der Waals surface area contributed by atoms with E-state index in [0.717, 1.165) is 30.6 Å². The zero-order valence-electron chi connectivity index (χ0n) is 13.9. The van der Waals surface area contributed by atoms with Gasteiger partial charge in [-0.25, -0.2) is 0 Å². The minimum Gasteiger partial charge on any atom is -0.490 e. The smallest absolute Gasteiger partial charge is 0.253 e. The van der Waals surface area contributed by atoms with Crippen molar-refractivity contribution in [3.8, 4) is 5.75 Å². The second-order valence-corrected chi connectivity index (χ2v) is 6.89. The van der Waals surface area contributed by atoms with Gasteiger partial charge in [0, 0.05) is 44.2 Å². The number of hydrogen-bond donors (Lipinski definition) is 1. The van der Waals surface area contributed by atoms with Gasteiger partial charge in [-0.15, -0.1) is 0 Å². The molecule has 1 aromatic rings. The summed E-state index contributed by atoms with van der Waals surface area (Å²) in [6, 6.07) is 5.65. The Hall–Kier alpha value is -1.59. The number of nitrogens with zero attached hydrogens (tertiary/aromatic N) is 1. The minimum atomic E-state index is -0.239. The van der Waals surface area contributed by atoms with E-state index in [1.165, 1.54) is 0 Å². The van der Waals surface area contributed by atoms with E-state index in [1.54, 1.807) is 4.90 Å². The highest BCUT2D eigenvalue weighted by atomic mass is 16.5. The molecule has 1 N–H and O–H groups in total. The standard InChI is InChI=1S/C18H25NO4/c1-13-9-15-10-14(3-4-16(15)23-13)17(21)19(2)11-18(12-20)5-7-22-8-6-18/h3-4,10,13,20H,5-9,11-12H2,1-2H3/t13-/m0/s1. The molecule has 0 saturated carbocycles. The van der Waals surface area contributed by atoms with Gasteiger partial charge in [-0.3, -0.25) is 4.79 Å². The minimum absolute atomic E-state index is 0.00771. The van der Waals surface area contributed by atoms with Crippen LogP contribution >= 0.6 is 0 Å². The Labute approximate surface area is 137 Å². The summed E-state index contributed by atoms with van der Waals surface area (Å²) in [7, 11) is 1.81. The van der Waals surface area contributed by atoms with E-state index in [2.05, 4.69) is 0 Å². The summed E-state index contributed by atoms with van der Waals surface area (Å²) in [5, 5.41) is 9.79. The third-order valence-corrected chi connectivity index (χ3v) is 4.95. The molecule has 1 saturated heterocycles. The molecule has 0 aromatic heterocycles. The second kappa shape index (κ2) is 6.49. The molecule has 23 heavy (non-hydrogen) atoms. The monoisotopic (exact) mass is 319 g/mol. The highest BCUT2D eigenvalue weighted by molar-refractivity contribution is 5.94. The quantitative estimate of drug-likeness (QED) is 0.920. The molecule has 1 atom stereocenters. The second-order valence-electron chi connectivity index (χ2n) is 6.89. The Bertz CT molecular complexity index is 580. The van der Waals surface area contributed by atoms with Crippen molar-refractivity contribution in [2.24, 2.45) is 5.41 Å². The van der Waals surface area contributed by atoms with Crippen molar-refractivity contribution in [2.75, 3.05) is 33.4 Å². The molecule has 1 fully saturated rings. The Morgan fingerprint density at radius 2 is 2.13 bits per heavy atom. The summed E-state index contributed by atoms with van der Waals surface area (Å²) >= 11 is 0. The molecular formula is C18H25NO4. The van der Waals surface area contributed by atoms with Gasteiger partial charge in [0.25, 0.3) is 5.91 Å². The lowest BCUT2D eigenvalue weighted by Gasteiger charge is -2.38. The first-order chi connectivity index (χ1) is 11.0. The average molecular weight is 319 g/mol. The van der Waals surface area contributed by atoms with Crippen molar-refractivity contribution in [1.82, 2.24) is 4.90 Å². The molecule has 0 bridgehead atoms. The Kier molecular flexibility index (Phi) is 4.60.